The summed E-state index contributed by atoms with van der Waals surface area (Å²) in [6.45, 7) is 10.8. The van der Waals surface area contributed by atoms with Crippen LogP contribution in [0.25, 0.3) is 0 Å². The van der Waals surface area contributed by atoms with E-state index < -0.39 is 0 Å². The normalized spacial score (nSPS) is 16.7. The van der Waals surface area contributed by atoms with Gasteiger partial charge in [-0.05, 0) is 12.8 Å². The minimum Gasteiger partial charge on any atom is -0.334 e. The van der Waals surface area contributed by atoms with Crippen molar-refractivity contribution >= 4 is 18.3 Å². The zero-order chi connectivity index (χ0) is 12.7. The summed E-state index contributed by atoms with van der Waals surface area (Å²) in [6, 6.07) is 0.304. The number of amides is 1. The maximum absolute atomic E-state index is 12.0. The maximum atomic E-state index is 12.0. The van der Waals surface area contributed by atoms with Crippen molar-refractivity contribution in [3.63, 3.8) is 0 Å². The molecule has 1 saturated heterocycles. The molecule has 5 heteroatoms. The fourth-order valence-corrected chi connectivity index (χ4v) is 1.99. The van der Waals surface area contributed by atoms with E-state index in [1.807, 2.05) is 0 Å². The van der Waals surface area contributed by atoms with Gasteiger partial charge < -0.3 is 10.6 Å². The molecule has 1 heterocycles. The average Bonchev–Trinajstić information content (AvgIpc) is 2.32. The predicted molar refractivity (Wildman–Crippen MR) is 77.9 cm³/mol. The van der Waals surface area contributed by atoms with Gasteiger partial charge in [0.15, 0.2) is 0 Å². The molecular weight excluding hydrogens is 250 g/mol. The number of piperidine rings is 1. The van der Waals surface area contributed by atoms with Gasteiger partial charge in [-0.1, -0.05) is 12.2 Å². The summed E-state index contributed by atoms with van der Waals surface area (Å²) < 4.78 is 0. The number of carbonyl (C=O) groups is 1. The van der Waals surface area contributed by atoms with Gasteiger partial charge in [-0.3, -0.25) is 9.69 Å². The molecule has 0 aromatic heterocycles. The highest BCUT2D eigenvalue weighted by Crippen LogP contribution is 2.08. The molecule has 1 rings (SSSR count). The van der Waals surface area contributed by atoms with Crippen molar-refractivity contribution in [2.75, 3.05) is 32.7 Å². The molecule has 1 aliphatic rings. The molecule has 1 aliphatic heterocycles. The molecule has 1 amide bonds. The third-order valence-corrected chi connectivity index (χ3v) is 3.04. The molecular formula is C13H24ClN3O. The van der Waals surface area contributed by atoms with E-state index >= 15 is 0 Å². The van der Waals surface area contributed by atoms with E-state index in [0.717, 1.165) is 25.9 Å². The van der Waals surface area contributed by atoms with Gasteiger partial charge in [0.2, 0.25) is 5.91 Å². The maximum Gasteiger partial charge on any atom is 0.237 e. The molecule has 0 bridgehead atoms. The predicted octanol–water partition coefficient (Wildman–Crippen LogP) is 1.03. The third kappa shape index (κ3) is 5.67. The molecule has 2 N–H and O–H groups in total. The van der Waals surface area contributed by atoms with Crippen LogP contribution in [0, 0.1) is 0 Å². The molecule has 0 aliphatic carbocycles. The third-order valence-electron chi connectivity index (χ3n) is 3.04. The van der Waals surface area contributed by atoms with Crippen LogP contribution in [0.5, 0.6) is 0 Å². The van der Waals surface area contributed by atoms with E-state index in [9.17, 15) is 4.79 Å². The van der Waals surface area contributed by atoms with Gasteiger partial charge in [0.1, 0.15) is 0 Å². The standard InChI is InChI=1S/C13H23N3O.ClH/c1-3-7-16(8-4-2)13(17)11-15-9-5-12(14)6-10-15;/h3-4,12H,1-2,5-11,14H2;1H. The van der Waals surface area contributed by atoms with Gasteiger partial charge in [-0.2, -0.15) is 0 Å². The van der Waals surface area contributed by atoms with Crippen molar-refractivity contribution in [1.82, 2.24) is 9.80 Å². The number of rotatable bonds is 6. The first-order valence-corrected chi connectivity index (χ1v) is 6.15. The van der Waals surface area contributed by atoms with Crippen LogP contribution in [-0.4, -0.2) is 54.5 Å². The number of nitrogens with zero attached hydrogens (tertiary/aromatic N) is 2. The van der Waals surface area contributed by atoms with E-state index in [4.69, 9.17) is 5.73 Å². The van der Waals surface area contributed by atoms with Gasteiger partial charge in [0, 0.05) is 32.2 Å². The van der Waals surface area contributed by atoms with Gasteiger partial charge in [0.05, 0.1) is 6.54 Å². The van der Waals surface area contributed by atoms with Crippen LogP contribution >= 0.6 is 12.4 Å². The Kier molecular flexibility index (Phi) is 8.71. The molecule has 104 valence electrons. The topological polar surface area (TPSA) is 49.6 Å². The van der Waals surface area contributed by atoms with Crippen molar-refractivity contribution in [3.05, 3.63) is 25.3 Å². The quantitative estimate of drug-likeness (QED) is 0.736. The van der Waals surface area contributed by atoms with Gasteiger partial charge in [-0.15, -0.1) is 25.6 Å². The van der Waals surface area contributed by atoms with Crippen LogP contribution in [0.3, 0.4) is 0 Å². The van der Waals surface area contributed by atoms with E-state index in [-0.39, 0.29) is 18.3 Å². The van der Waals surface area contributed by atoms with E-state index in [2.05, 4.69) is 18.1 Å². The lowest BCUT2D eigenvalue weighted by molar-refractivity contribution is -0.131. The number of likely N-dealkylation sites (tertiary alicyclic amines) is 1. The lowest BCUT2D eigenvalue weighted by atomic mass is 10.1. The second kappa shape index (κ2) is 9.14. The number of nitrogens with two attached hydrogens (primary N) is 1. The van der Waals surface area contributed by atoms with Gasteiger partial charge >= 0.3 is 0 Å². The lowest BCUT2D eigenvalue weighted by Crippen LogP contribution is -2.45. The Bertz CT molecular complexity index is 265. The molecule has 0 spiro atoms. The Labute approximate surface area is 116 Å². The summed E-state index contributed by atoms with van der Waals surface area (Å²) in [5.41, 5.74) is 5.83. The minimum atomic E-state index is 0. The summed E-state index contributed by atoms with van der Waals surface area (Å²) in [7, 11) is 0. The van der Waals surface area contributed by atoms with Crippen LogP contribution in [0.4, 0.5) is 0 Å². The Hall–Kier alpha value is -0.840. The first-order chi connectivity index (χ1) is 8.17. The average molecular weight is 274 g/mol. The summed E-state index contributed by atoms with van der Waals surface area (Å²) >= 11 is 0. The zero-order valence-electron chi connectivity index (χ0n) is 10.9. The smallest absolute Gasteiger partial charge is 0.237 e. The van der Waals surface area contributed by atoms with E-state index in [1.54, 1.807) is 17.1 Å². The zero-order valence-corrected chi connectivity index (χ0v) is 11.7. The van der Waals surface area contributed by atoms with Crippen molar-refractivity contribution in [3.8, 4) is 0 Å². The molecule has 4 nitrogen and oxygen atoms in total. The first-order valence-electron chi connectivity index (χ1n) is 6.15. The van der Waals surface area contributed by atoms with Crippen molar-refractivity contribution < 1.29 is 4.79 Å². The Morgan fingerprint density at radius 2 is 1.78 bits per heavy atom. The Balaban J connectivity index is 0.00000289. The minimum absolute atomic E-state index is 0. The van der Waals surface area contributed by atoms with Gasteiger partial charge in [-0.25, -0.2) is 0 Å². The van der Waals surface area contributed by atoms with Crippen LogP contribution in [0.15, 0.2) is 25.3 Å². The second-order valence-corrected chi connectivity index (χ2v) is 4.49. The second-order valence-electron chi connectivity index (χ2n) is 4.49. The van der Waals surface area contributed by atoms with Crippen LogP contribution in [0.1, 0.15) is 12.8 Å². The Morgan fingerprint density at radius 3 is 2.22 bits per heavy atom. The summed E-state index contributed by atoms with van der Waals surface area (Å²) in [5.74, 6) is 0.139. The van der Waals surface area contributed by atoms with Crippen LogP contribution in [-0.2, 0) is 4.79 Å². The van der Waals surface area contributed by atoms with E-state index in [0.29, 0.717) is 25.7 Å². The number of hydrogen-bond donors (Lipinski definition) is 1. The molecule has 18 heavy (non-hydrogen) atoms. The molecule has 0 saturated carbocycles. The molecule has 0 unspecified atom stereocenters. The van der Waals surface area contributed by atoms with Gasteiger partial charge in [0.25, 0.3) is 0 Å². The largest absolute Gasteiger partial charge is 0.334 e. The number of hydrogen-bond acceptors (Lipinski definition) is 3. The van der Waals surface area contributed by atoms with Crippen molar-refractivity contribution in [1.29, 1.82) is 0 Å². The highest BCUT2D eigenvalue weighted by Gasteiger charge is 2.20. The first kappa shape index (κ1) is 17.2. The van der Waals surface area contributed by atoms with Crippen LogP contribution < -0.4 is 5.73 Å². The molecule has 0 atom stereocenters. The SMILES string of the molecule is C=CCN(CC=C)C(=O)CN1CCC(N)CC1.Cl. The molecule has 0 aromatic carbocycles. The fraction of sp³-hybridized carbons (Fsp3) is 0.615. The highest BCUT2D eigenvalue weighted by atomic mass is 35.5. The van der Waals surface area contributed by atoms with Crippen LogP contribution in [0.2, 0.25) is 0 Å². The van der Waals surface area contributed by atoms with Crippen molar-refractivity contribution in [2.24, 2.45) is 5.73 Å². The summed E-state index contributed by atoms with van der Waals surface area (Å²) in [4.78, 5) is 16.0. The number of carbonyl (C=O) groups excluding carboxylic acids is 1. The number of halogens is 1. The van der Waals surface area contributed by atoms with E-state index in [1.165, 1.54) is 0 Å². The summed E-state index contributed by atoms with van der Waals surface area (Å²) in [5, 5.41) is 0. The fourth-order valence-electron chi connectivity index (χ4n) is 1.99. The molecule has 0 aromatic rings. The highest BCUT2D eigenvalue weighted by molar-refractivity contribution is 5.85. The summed E-state index contributed by atoms with van der Waals surface area (Å²) in [6.07, 6.45) is 5.45. The Morgan fingerprint density at radius 1 is 1.28 bits per heavy atom. The molecule has 0 radical (unpaired) electrons. The molecule has 1 fully saturated rings. The lowest BCUT2D eigenvalue weighted by Gasteiger charge is -2.31. The monoisotopic (exact) mass is 273 g/mol. The van der Waals surface area contributed by atoms with Crippen molar-refractivity contribution in [2.45, 2.75) is 18.9 Å².